The van der Waals surface area contributed by atoms with Crippen LogP contribution in [0.25, 0.3) is 0 Å². The van der Waals surface area contributed by atoms with Crippen LogP contribution < -0.4 is 0 Å². The Morgan fingerprint density at radius 3 is 1.13 bits per heavy atom. The molecule has 0 aliphatic rings. The highest BCUT2D eigenvalue weighted by molar-refractivity contribution is 5.70. The molecule has 0 aromatic carbocycles. The SMILES string of the molecule is CC/C=C\C/C=C\C/C=C\C/C=C\C/C=C\CCCC(=O)OCC(COCCCCCCCCCCCC)OC(=O)CCC/C=C\C/C=C\C/C=C\C/C=C\C/C=C\CC. The first-order valence-electron chi connectivity index (χ1n) is 24.1. The van der Waals surface area contributed by atoms with Gasteiger partial charge in [0.2, 0.25) is 0 Å². The molecule has 0 saturated carbocycles. The third kappa shape index (κ3) is 47.0. The first-order valence-corrected chi connectivity index (χ1v) is 24.1. The fourth-order valence-corrected chi connectivity index (χ4v) is 5.99. The monoisotopic (exact) mass is 829 g/mol. The summed E-state index contributed by atoms with van der Waals surface area (Å²) in [5, 5.41) is 0. The van der Waals surface area contributed by atoms with Crippen molar-refractivity contribution >= 4 is 11.9 Å². The maximum atomic E-state index is 12.7. The van der Waals surface area contributed by atoms with Gasteiger partial charge in [-0.15, -0.1) is 0 Å². The summed E-state index contributed by atoms with van der Waals surface area (Å²) in [5.41, 5.74) is 0. The predicted octanol–water partition coefficient (Wildman–Crippen LogP) is 16.2. The molecule has 0 heterocycles. The molecule has 0 rings (SSSR count). The molecule has 0 aliphatic heterocycles. The van der Waals surface area contributed by atoms with Gasteiger partial charge in [0.25, 0.3) is 0 Å². The third-order valence-electron chi connectivity index (χ3n) is 9.49. The highest BCUT2D eigenvalue weighted by atomic mass is 16.6. The van der Waals surface area contributed by atoms with Crippen molar-refractivity contribution in [2.75, 3.05) is 19.8 Å². The van der Waals surface area contributed by atoms with Gasteiger partial charge in [-0.25, -0.2) is 0 Å². The van der Waals surface area contributed by atoms with E-state index in [1.165, 1.54) is 51.4 Å². The number of ether oxygens (including phenoxy) is 3. The van der Waals surface area contributed by atoms with Crippen LogP contribution in [-0.4, -0.2) is 37.9 Å². The zero-order valence-corrected chi connectivity index (χ0v) is 38.7. The van der Waals surface area contributed by atoms with Crippen molar-refractivity contribution in [3.8, 4) is 0 Å². The van der Waals surface area contributed by atoms with Crippen LogP contribution >= 0.6 is 0 Å². The van der Waals surface area contributed by atoms with Crippen molar-refractivity contribution in [2.45, 2.75) is 194 Å². The Balaban J connectivity index is 4.46. The number of unbranched alkanes of at least 4 members (excludes halogenated alkanes) is 11. The average Bonchev–Trinajstić information content (AvgIpc) is 3.25. The van der Waals surface area contributed by atoms with E-state index in [4.69, 9.17) is 14.2 Å². The normalized spacial score (nSPS) is 13.3. The van der Waals surface area contributed by atoms with E-state index in [9.17, 15) is 9.59 Å². The number of esters is 2. The summed E-state index contributed by atoms with van der Waals surface area (Å²) in [6.07, 6.45) is 69.3. The standard InChI is InChI=1S/C55H88O5/c1-4-7-10-13-16-19-22-24-26-28-30-32-34-36-39-42-45-48-54(56)59-52-53(51-58-50-47-44-41-38-21-18-15-12-9-6-3)60-55(57)49-46-43-40-37-35-33-31-29-27-25-23-20-17-14-11-8-5-2/h7-8,10-11,16-17,19-20,24-27,30-33,36-37,39-40,53H,4-6,9,12-15,18,21-23,28-29,34-35,38,41-52H2,1-3H3/b10-7-,11-8-,19-16-,20-17-,26-24-,27-25-,32-30-,33-31-,39-36-,40-37-. The lowest BCUT2D eigenvalue weighted by atomic mass is 10.1. The Hall–Kier alpha value is -3.70. The quantitative estimate of drug-likeness (QED) is 0.0348. The van der Waals surface area contributed by atoms with E-state index in [0.717, 1.165) is 96.3 Å². The summed E-state index contributed by atoms with van der Waals surface area (Å²) >= 11 is 0. The summed E-state index contributed by atoms with van der Waals surface area (Å²) in [4.78, 5) is 25.3. The molecule has 338 valence electrons. The fourth-order valence-electron chi connectivity index (χ4n) is 5.99. The summed E-state index contributed by atoms with van der Waals surface area (Å²) in [6, 6.07) is 0. The molecule has 5 heteroatoms. The van der Waals surface area contributed by atoms with Crippen LogP contribution in [0.3, 0.4) is 0 Å². The molecule has 0 N–H and O–H groups in total. The second-order valence-corrected chi connectivity index (χ2v) is 15.3. The maximum Gasteiger partial charge on any atom is 0.306 e. The molecule has 60 heavy (non-hydrogen) atoms. The van der Waals surface area contributed by atoms with Gasteiger partial charge in [-0.05, 0) is 96.3 Å². The number of carbonyl (C=O) groups excluding carboxylic acids is 2. The molecule has 0 spiro atoms. The minimum absolute atomic E-state index is 0.0268. The van der Waals surface area contributed by atoms with Crippen LogP contribution in [0.15, 0.2) is 122 Å². The molecule has 0 aliphatic carbocycles. The van der Waals surface area contributed by atoms with Gasteiger partial charge in [0.1, 0.15) is 6.61 Å². The van der Waals surface area contributed by atoms with Crippen molar-refractivity contribution in [1.82, 2.24) is 0 Å². The average molecular weight is 829 g/mol. The van der Waals surface area contributed by atoms with Crippen LogP contribution in [-0.2, 0) is 23.8 Å². The van der Waals surface area contributed by atoms with Gasteiger partial charge < -0.3 is 14.2 Å². The molecular formula is C55H88O5. The van der Waals surface area contributed by atoms with E-state index >= 15 is 0 Å². The van der Waals surface area contributed by atoms with Crippen molar-refractivity contribution in [2.24, 2.45) is 0 Å². The Kier molecular flexibility index (Phi) is 46.6. The van der Waals surface area contributed by atoms with Crippen LogP contribution in [0.5, 0.6) is 0 Å². The van der Waals surface area contributed by atoms with E-state index in [2.05, 4.69) is 142 Å². The topological polar surface area (TPSA) is 61.8 Å². The number of rotatable bonds is 42. The molecule has 0 bridgehead atoms. The summed E-state index contributed by atoms with van der Waals surface area (Å²) in [5.74, 6) is -0.541. The van der Waals surface area contributed by atoms with Crippen molar-refractivity contribution in [3.63, 3.8) is 0 Å². The first kappa shape index (κ1) is 56.3. The fraction of sp³-hybridized carbons (Fsp3) is 0.600. The molecule has 0 radical (unpaired) electrons. The van der Waals surface area contributed by atoms with Gasteiger partial charge in [0, 0.05) is 19.4 Å². The zero-order chi connectivity index (χ0) is 43.5. The van der Waals surface area contributed by atoms with E-state index < -0.39 is 6.10 Å². The number of carbonyl (C=O) groups is 2. The van der Waals surface area contributed by atoms with Crippen LogP contribution in [0.4, 0.5) is 0 Å². The smallest absolute Gasteiger partial charge is 0.306 e. The summed E-state index contributed by atoms with van der Waals surface area (Å²) in [6.45, 7) is 7.45. The summed E-state index contributed by atoms with van der Waals surface area (Å²) < 4.78 is 17.2. The van der Waals surface area contributed by atoms with Gasteiger partial charge in [0.15, 0.2) is 6.10 Å². The van der Waals surface area contributed by atoms with Gasteiger partial charge in [-0.1, -0.05) is 200 Å². The molecule has 0 saturated heterocycles. The van der Waals surface area contributed by atoms with Gasteiger partial charge >= 0.3 is 11.9 Å². The maximum absolute atomic E-state index is 12.7. The van der Waals surface area contributed by atoms with E-state index in [1.807, 2.05) is 0 Å². The lowest BCUT2D eigenvalue weighted by Gasteiger charge is -2.18. The van der Waals surface area contributed by atoms with Crippen molar-refractivity contribution in [3.05, 3.63) is 122 Å². The molecule has 0 amide bonds. The van der Waals surface area contributed by atoms with Crippen LogP contribution in [0.1, 0.15) is 188 Å². The lowest BCUT2D eigenvalue weighted by molar-refractivity contribution is -0.162. The zero-order valence-electron chi connectivity index (χ0n) is 38.7. The summed E-state index contributed by atoms with van der Waals surface area (Å²) in [7, 11) is 0. The van der Waals surface area contributed by atoms with E-state index in [1.54, 1.807) is 0 Å². The van der Waals surface area contributed by atoms with Gasteiger partial charge in [0.05, 0.1) is 6.61 Å². The number of allylic oxidation sites excluding steroid dienone is 20. The van der Waals surface area contributed by atoms with E-state index in [0.29, 0.717) is 25.9 Å². The Morgan fingerprint density at radius 1 is 0.383 bits per heavy atom. The third-order valence-corrected chi connectivity index (χ3v) is 9.49. The van der Waals surface area contributed by atoms with Crippen LogP contribution in [0.2, 0.25) is 0 Å². The van der Waals surface area contributed by atoms with Crippen molar-refractivity contribution in [1.29, 1.82) is 0 Å². The predicted molar refractivity (Wildman–Crippen MR) is 260 cm³/mol. The molecule has 0 aromatic rings. The molecule has 5 nitrogen and oxygen atoms in total. The minimum Gasteiger partial charge on any atom is -0.462 e. The second kappa shape index (κ2) is 49.7. The minimum atomic E-state index is -0.593. The largest absolute Gasteiger partial charge is 0.462 e. The number of hydrogen-bond donors (Lipinski definition) is 0. The molecule has 1 atom stereocenters. The van der Waals surface area contributed by atoms with Crippen LogP contribution in [0, 0.1) is 0 Å². The van der Waals surface area contributed by atoms with Gasteiger partial charge in [-0.3, -0.25) is 9.59 Å². The second-order valence-electron chi connectivity index (χ2n) is 15.3. The molecule has 0 aromatic heterocycles. The Morgan fingerprint density at radius 2 is 0.733 bits per heavy atom. The van der Waals surface area contributed by atoms with Gasteiger partial charge in [-0.2, -0.15) is 0 Å². The van der Waals surface area contributed by atoms with Crippen molar-refractivity contribution < 1.29 is 23.8 Å². The Bertz CT molecular complexity index is 1260. The number of hydrogen-bond acceptors (Lipinski definition) is 5. The highest BCUT2D eigenvalue weighted by Crippen LogP contribution is 2.11. The van der Waals surface area contributed by atoms with E-state index in [-0.39, 0.29) is 25.2 Å². The lowest BCUT2D eigenvalue weighted by Crippen LogP contribution is -2.30. The Labute approximate surface area is 369 Å². The molecular weight excluding hydrogens is 741 g/mol. The highest BCUT2D eigenvalue weighted by Gasteiger charge is 2.17. The molecule has 1 unspecified atom stereocenters. The molecule has 0 fully saturated rings. The first-order chi connectivity index (χ1) is 29.6.